The van der Waals surface area contributed by atoms with Crippen molar-refractivity contribution < 1.29 is 19.5 Å². The zero-order valence-electron chi connectivity index (χ0n) is 23.1. The summed E-state index contributed by atoms with van der Waals surface area (Å²) in [6.45, 7) is 6.14. The second-order valence-electron chi connectivity index (χ2n) is 10.9. The quantitative estimate of drug-likeness (QED) is 0.192. The zero-order chi connectivity index (χ0) is 27.0. The molecule has 0 radical (unpaired) electrons. The van der Waals surface area contributed by atoms with E-state index in [2.05, 4.69) is 12.2 Å². The van der Waals surface area contributed by atoms with E-state index < -0.39 is 17.9 Å². The van der Waals surface area contributed by atoms with Gasteiger partial charge in [-0.05, 0) is 35.1 Å². The van der Waals surface area contributed by atoms with Crippen LogP contribution < -0.4 is 5.32 Å². The molecule has 2 aromatic carbocycles. The molecule has 2 atom stereocenters. The van der Waals surface area contributed by atoms with Crippen LogP contribution in [-0.4, -0.2) is 28.8 Å². The van der Waals surface area contributed by atoms with Crippen molar-refractivity contribution in [2.24, 2.45) is 11.8 Å². The van der Waals surface area contributed by atoms with Crippen LogP contribution in [0.2, 0.25) is 0 Å². The minimum Gasteiger partial charge on any atom is -0.481 e. The number of carbonyl (C=O) groups is 3. The summed E-state index contributed by atoms with van der Waals surface area (Å²) in [4.78, 5) is 38.0. The third-order valence-electron chi connectivity index (χ3n) is 7.09. The van der Waals surface area contributed by atoms with E-state index in [1.807, 2.05) is 56.3 Å². The Morgan fingerprint density at radius 2 is 1.46 bits per heavy atom. The molecule has 204 valence electrons. The number of fused-ring (bicyclic) bond motifs is 1. The molecule has 0 spiro atoms. The number of hydrogen-bond acceptors (Lipinski definition) is 3. The van der Waals surface area contributed by atoms with Gasteiger partial charge in [0.15, 0.2) is 5.78 Å². The minimum atomic E-state index is -0.952. The van der Waals surface area contributed by atoms with Crippen LogP contribution in [-0.2, 0) is 20.8 Å². The fourth-order valence-corrected chi connectivity index (χ4v) is 5.02. The van der Waals surface area contributed by atoms with Crippen molar-refractivity contribution in [1.29, 1.82) is 0 Å². The average molecular weight is 510 g/mol. The first-order valence-electron chi connectivity index (χ1n) is 14.3. The predicted octanol–water partition coefficient (Wildman–Crippen LogP) is 7.49. The van der Waals surface area contributed by atoms with E-state index in [1.54, 1.807) is 0 Å². The SMILES string of the molecule is CCCCCCCCCCCC(=O)N[C@@H](Cc1cccc2ccccc12)C(=O)C[C@@H](CC(C)C)C(=O)O. The molecule has 1 amide bonds. The third kappa shape index (κ3) is 11.5. The van der Waals surface area contributed by atoms with Crippen molar-refractivity contribution in [1.82, 2.24) is 5.32 Å². The number of aliphatic carboxylic acids is 1. The highest BCUT2D eigenvalue weighted by Crippen LogP contribution is 2.22. The van der Waals surface area contributed by atoms with E-state index in [-0.39, 0.29) is 24.0 Å². The number of rotatable bonds is 19. The number of carbonyl (C=O) groups excluding carboxylic acids is 2. The van der Waals surface area contributed by atoms with Crippen LogP contribution in [0.25, 0.3) is 10.8 Å². The van der Waals surface area contributed by atoms with E-state index >= 15 is 0 Å². The van der Waals surface area contributed by atoms with Crippen LogP contribution in [0.3, 0.4) is 0 Å². The number of ketones is 1. The van der Waals surface area contributed by atoms with Gasteiger partial charge < -0.3 is 10.4 Å². The Bertz CT molecular complexity index is 978. The van der Waals surface area contributed by atoms with E-state index in [4.69, 9.17) is 0 Å². The Balaban J connectivity index is 2.00. The molecular weight excluding hydrogens is 462 g/mol. The number of hydrogen-bond donors (Lipinski definition) is 2. The van der Waals surface area contributed by atoms with E-state index in [0.717, 1.165) is 35.6 Å². The van der Waals surface area contributed by atoms with Gasteiger partial charge in [0.2, 0.25) is 5.91 Å². The molecular formula is C32H47NO4. The van der Waals surface area contributed by atoms with Gasteiger partial charge in [-0.1, -0.05) is 115 Å². The van der Waals surface area contributed by atoms with Gasteiger partial charge >= 0.3 is 5.97 Å². The molecule has 0 unspecified atom stereocenters. The summed E-state index contributed by atoms with van der Waals surface area (Å²) in [5.74, 6) is -1.85. The molecule has 0 aliphatic carbocycles. The monoisotopic (exact) mass is 509 g/mol. The van der Waals surface area contributed by atoms with Crippen LogP contribution in [0.5, 0.6) is 0 Å². The number of amides is 1. The number of benzene rings is 2. The van der Waals surface area contributed by atoms with Gasteiger partial charge in [0.05, 0.1) is 12.0 Å². The van der Waals surface area contributed by atoms with Gasteiger partial charge in [0, 0.05) is 19.3 Å². The Morgan fingerprint density at radius 3 is 2.11 bits per heavy atom. The molecule has 2 aromatic rings. The zero-order valence-corrected chi connectivity index (χ0v) is 23.1. The molecule has 0 fully saturated rings. The first-order valence-corrected chi connectivity index (χ1v) is 14.3. The molecule has 0 bridgehead atoms. The maximum Gasteiger partial charge on any atom is 0.306 e. The van der Waals surface area contributed by atoms with Gasteiger partial charge in [-0.15, -0.1) is 0 Å². The fourth-order valence-electron chi connectivity index (χ4n) is 5.02. The minimum absolute atomic E-state index is 0.0682. The molecule has 0 aliphatic heterocycles. The molecule has 0 aromatic heterocycles. The molecule has 0 saturated carbocycles. The summed E-state index contributed by atoms with van der Waals surface area (Å²) >= 11 is 0. The highest BCUT2D eigenvalue weighted by molar-refractivity contribution is 5.93. The summed E-state index contributed by atoms with van der Waals surface area (Å²) in [5.41, 5.74) is 0.982. The third-order valence-corrected chi connectivity index (χ3v) is 7.09. The first-order chi connectivity index (χ1) is 17.8. The van der Waals surface area contributed by atoms with Gasteiger partial charge in [-0.2, -0.15) is 0 Å². The lowest BCUT2D eigenvalue weighted by Gasteiger charge is -2.21. The Labute approximate surface area is 223 Å². The van der Waals surface area contributed by atoms with Crippen molar-refractivity contribution in [3.05, 3.63) is 48.0 Å². The second kappa shape index (κ2) is 16.9. The van der Waals surface area contributed by atoms with E-state index in [1.165, 1.54) is 38.5 Å². The van der Waals surface area contributed by atoms with Crippen molar-refractivity contribution in [2.45, 2.75) is 110 Å². The Hall–Kier alpha value is -2.69. The highest BCUT2D eigenvalue weighted by atomic mass is 16.4. The second-order valence-corrected chi connectivity index (χ2v) is 10.9. The maximum atomic E-state index is 13.4. The fraction of sp³-hybridized carbons (Fsp3) is 0.594. The largest absolute Gasteiger partial charge is 0.481 e. The molecule has 0 heterocycles. The van der Waals surface area contributed by atoms with E-state index in [9.17, 15) is 19.5 Å². The molecule has 0 saturated heterocycles. The highest BCUT2D eigenvalue weighted by Gasteiger charge is 2.28. The Morgan fingerprint density at radius 1 is 0.838 bits per heavy atom. The lowest BCUT2D eigenvalue weighted by atomic mass is 9.88. The number of nitrogens with one attached hydrogen (secondary N) is 1. The molecule has 0 aliphatic rings. The summed E-state index contributed by atoms with van der Waals surface area (Å²) in [6, 6.07) is 13.2. The van der Waals surface area contributed by atoms with Crippen molar-refractivity contribution in [3.8, 4) is 0 Å². The number of unbranched alkanes of at least 4 members (excludes halogenated alkanes) is 8. The summed E-state index contributed by atoms with van der Waals surface area (Å²) < 4.78 is 0. The van der Waals surface area contributed by atoms with Crippen LogP contribution >= 0.6 is 0 Å². The topological polar surface area (TPSA) is 83.5 Å². The van der Waals surface area contributed by atoms with Crippen LogP contribution in [0.1, 0.15) is 103 Å². The van der Waals surface area contributed by atoms with Crippen LogP contribution in [0.15, 0.2) is 42.5 Å². The molecule has 37 heavy (non-hydrogen) atoms. The standard InChI is InChI=1S/C32H47NO4/c1-4-5-6-7-8-9-10-11-12-20-31(35)33-29(30(34)23-27(32(36)37)21-24(2)3)22-26-18-15-17-25-16-13-14-19-28(25)26/h13-19,24,27,29H,4-12,20-23H2,1-3H3,(H,33,35)(H,36,37)/t27-,29+/m1/s1. The predicted molar refractivity (Wildman–Crippen MR) is 152 cm³/mol. The Kier molecular flexibility index (Phi) is 14.0. The van der Waals surface area contributed by atoms with Gasteiger partial charge in [-0.25, -0.2) is 0 Å². The summed E-state index contributed by atoms with van der Waals surface area (Å²) in [5, 5.41) is 14.8. The normalized spacial score (nSPS) is 13.0. The lowest BCUT2D eigenvalue weighted by Crippen LogP contribution is -2.43. The first kappa shape index (κ1) is 30.5. The maximum absolute atomic E-state index is 13.4. The van der Waals surface area contributed by atoms with Crippen molar-refractivity contribution in [2.75, 3.05) is 0 Å². The molecule has 2 N–H and O–H groups in total. The van der Waals surface area contributed by atoms with Crippen molar-refractivity contribution >= 4 is 28.4 Å². The average Bonchev–Trinajstić information content (AvgIpc) is 2.86. The van der Waals surface area contributed by atoms with Gasteiger partial charge in [0.25, 0.3) is 0 Å². The summed E-state index contributed by atoms with van der Waals surface area (Å²) in [6.07, 6.45) is 11.7. The van der Waals surface area contributed by atoms with Crippen molar-refractivity contribution in [3.63, 3.8) is 0 Å². The number of Topliss-reactive ketones (excluding diaryl/α,β-unsaturated/α-hetero) is 1. The lowest BCUT2D eigenvalue weighted by molar-refractivity contribution is -0.144. The summed E-state index contributed by atoms with van der Waals surface area (Å²) in [7, 11) is 0. The number of carboxylic acids is 1. The van der Waals surface area contributed by atoms with Gasteiger partial charge in [-0.3, -0.25) is 14.4 Å². The van der Waals surface area contributed by atoms with Crippen LogP contribution in [0, 0.1) is 11.8 Å². The van der Waals surface area contributed by atoms with Gasteiger partial charge in [0.1, 0.15) is 0 Å². The van der Waals surface area contributed by atoms with Crippen LogP contribution in [0.4, 0.5) is 0 Å². The number of carboxylic acid groups (broad SMARTS) is 1. The molecule has 5 heteroatoms. The molecule has 5 nitrogen and oxygen atoms in total. The van der Waals surface area contributed by atoms with E-state index in [0.29, 0.717) is 19.3 Å². The molecule has 2 rings (SSSR count). The smallest absolute Gasteiger partial charge is 0.306 e.